The number of amides is 2. The molecule has 0 radical (unpaired) electrons. The normalized spacial score (nSPS) is 14.7. The van der Waals surface area contributed by atoms with Crippen molar-refractivity contribution in [2.24, 2.45) is 4.99 Å². The van der Waals surface area contributed by atoms with Crippen LogP contribution in [0.2, 0.25) is 0 Å². The fourth-order valence-electron chi connectivity index (χ4n) is 5.12. The summed E-state index contributed by atoms with van der Waals surface area (Å²) < 4.78 is 12.4. The third-order valence-corrected chi connectivity index (χ3v) is 9.21. The van der Waals surface area contributed by atoms with Gasteiger partial charge in [0.15, 0.2) is 17.8 Å². The zero-order chi connectivity index (χ0) is 36.6. The molecule has 3 heterocycles. The quantitative estimate of drug-likeness (QED) is 0.0875. The molecule has 3 aromatic rings. The molecule has 0 spiro atoms. The van der Waals surface area contributed by atoms with Crippen molar-refractivity contribution in [3.05, 3.63) is 70.8 Å². The van der Waals surface area contributed by atoms with Crippen LogP contribution in [-0.2, 0) is 9.59 Å². The summed E-state index contributed by atoms with van der Waals surface area (Å²) in [6.07, 6.45) is 7.51. The number of hydrogen-bond donors (Lipinski definition) is 2. The number of nitrogens with one attached hydrogen (secondary N) is 2. The van der Waals surface area contributed by atoms with Gasteiger partial charge < -0.3 is 29.9 Å². The minimum Gasteiger partial charge on any atom is -0.493 e. The number of anilines is 1. The molecule has 0 aliphatic carbocycles. The smallest absolute Gasteiger partial charge is 0.256 e. The molecule has 1 atom stereocenters. The number of nitrogens with zero attached hydrogens (tertiary/aromatic N) is 3. The number of aliphatic imine (C=N–C) groups is 1. The summed E-state index contributed by atoms with van der Waals surface area (Å²) in [6, 6.07) is 11.4. The number of methoxy groups -OCH3 is 1. The van der Waals surface area contributed by atoms with Crippen molar-refractivity contribution >= 4 is 63.4 Å². The summed E-state index contributed by atoms with van der Waals surface area (Å²) in [4.78, 5) is 55.4. The van der Waals surface area contributed by atoms with Gasteiger partial charge in [-0.1, -0.05) is 20.4 Å². The molecule has 11 nitrogen and oxygen atoms in total. The largest absolute Gasteiger partial charge is 0.493 e. The third-order valence-electron chi connectivity index (χ3n) is 8.17. The Labute approximate surface area is 299 Å². The molecule has 50 heavy (non-hydrogen) atoms. The van der Waals surface area contributed by atoms with Crippen molar-refractivity contribution in [1.29, 1.82) is 0 Å². The molecule has 0 saturated carbocycles. The first-order valence-corrected chi connectivity index (χ1v) is 17.6. The van der Waals surface area contributed by atoms with Crippen molar-refractivity contribution in [2.75, 3.05) is 52.8 Å². The van der Waals surface area contributed by atoms with Crippen LogP contribution in [0.3, 0.4) is 0 Å². The maximum atomic E-state index is 12.9. The Balaban J connectivity index is 0.000000290. The molecule has 2 amide bonds. The maximum absolute atomic E-state index is 12.9. The summed E-state index contributed by atoms with van der Waals surface area (Å²) in [6.45, 7) is 13.0. The van der Waals surface area contributed by atoms with E-state index >= 15 is 0 Å². The number of carbonyl (C=O) groups is 4. The van der Waals surface area contributed by atoms with E-state index in [-0.39, 0.29) is 30.9 Å². The van der Waals surface area contributed by atoms with E-state index in [1.807, 2.05) is 42.4 Å². The van der Waals surface area contributed by atoms with Crippen LogP contribution in [0, 0.1) is 0 Å². The van der Waals surface area contributed by atoms with Crippen LogP contribution in [0.25, 0.3) is 10.1 Å². The van der Waals surface area contributed by atoms with Gasteiger partial charge in [0.2, 0.25) is 5.91 Å². The predicted octanol–water partition coefficient (Wildman–Crippen LogP) is 6.66. The van der Waals surface area contributed by atoms with Gasteiger partial charge in [-0.25, -0.2) is 0 Å². The summed E-state index contributed by atoms with van der Waals surface area (Å²) in [5, 5.41) is 6.81. The van der Waals surface area contributed by atoms with Gasteiger partial charge >= 0.3 is 0 Å². The molecule has 1 unspecified atom stereocenters. The van der Waals surface area contributed by atoms with Crippen LogP contribution >= 0.6 is 11.3 Å². The summed E-state index contributed by atoms with van der Waals surface area (Å²) in [5.74, 6) is 0.665. The number of benzene rings is 2. The van der Waals surface area contributed by atoms with Gasteiger partial charge in [-0.05, 0) is 93.7 Å². The molecule has 268 valence electrons. The van der Waals surface area contributed by atoms with E-state index in [1.54, 1.807) is 19.1 Å². The molecule has 12 heteroatoms. The standard InChI is InChI=1S/C23H27N3O5.C10H9NOS.C5H13N/c1-15(14-27)10-16(2)25-22(28)7-5-9-31-21-12-19-18(11-20(21)30-3)23(29)26-8-4-6-17(26)13-24-19;1-11-8-2-3-10-7(4-8)5-9(6-12)13-10;1-4-6(3)5-2/h10-14,17H,2,4-9H2,1,3H3,(H,25,28);2-6,11H,1H3;4-5H2,1-3H3/b15-10+;;. The minimum absolute atomic E-state index is 0.0358. The van der Waals surface area contributed by atoms with Crippen LogP contribution in [0.4, 0.5) is 11.4 Å². The number of rotatable bonds is 13. The van der Waals surface area contributed by atoms with Gasteiger partial charge in [-0.15, -0.1) is 11.3 Å². The average Bonchev–Trinajstić information content (AvgIpc) is 3.76. The van der Waals surface area contributed by atoms with Gasteiger partial charge in [0.05, 0.1) is 35.9 Å². The Bertz CT molecular complexity index is 1710. The van der Waals surface area contributed by atoms with Crippen molar-refractivity contribution in [3.63, 3.8) is 0 Å². The summed E-state index contributed by atoms with van der Waals surface area (Å²) in [5.41, 5.74) is 2.97. The van der Waals surface area contributed by atoms with Crippen molar-refractivity contribution < 1.29 is 28.7 Å². The Morgan fingerprint density at radius 1 is 1.16 bits per heavy atom. The SMILES string of the molecule is C=C(/C=C(\C)C=O)NC(=O)CCCOc1cc2c(cc1OC)C(=O)N1CCCC1C=N2.CCN(C)CC.CNc1ccc2sc(C=O)cc2c1. The van der Waals surface area contributed by atoms with Gasteiger partial charge in [-0.3, -0.25) is 24.2 Å². The first-order valence-electron chi connectivity index (χ1n) is 16.7. The molecule has 1 fully saturated rings. The van der Waals surface area contributed by atoms with Crippen molar-refractivity contribution in [2.45, 2.75) is 52.5 Å². The van der Waals surface area contributed by atoms with E-state index in [0.29, 0.717) is 46.7 Å². The molecule has 0 bridgehead atoms. The van der Waals surface area contributed by atoms with Crippen molar-refractivity contribution in [1.82, 2.24) is 15.1 Å². The third kappa shape index (κ3) is 11.4. The lowest BCUT2D eigenvalue weighted by Crippen LogP contribution is -2.35. The molecule has 2 aliphatic rings. The lowest BCUT2D eigenvalue weighted by Gasteiger charge is -2.20. The summed E-state index contributed by atoms with van der Waals surface area (Å²) in [7, 11) is 5.51. The highest BCUT2D eigenvalue weighted by molar-refractivity contribution is 7.20. The van der Waals surface area contributed by atoms with E-state index in [0.717, 1.165) is 59.4 Å². The van der Waals surface area contributed by atoms with E-state index in [9.17, 15) is 19.2 Å². The molecule has 2 aromatic carbocycles. The fourth-order valence-corrected chi connectivity index (χ4v) is 5.98. The number of fused-ring (bicyclic) bond motifs is 3. The lowest BCUT2D eigenvalue weighted by atomic mass is 10.1. The second-order valence-corrected chi connectivity index (χ2v) is 12.9. The Kier molecular flexibility index (Phi) is 15.9. The first-order chi connectivity index (χ1) is 24.1. The van der Waals surface area contributed by atoms with Gasteiger partial charge in [0.25, 0.3) is 5.91 Å². The lowest BCUT2D eigenvalue weighted by molar-refractivity contribution is -0.120. The number of thiophene rings is 1. The first kappa shape index (κ1) is 39.6. The number of ether oxygens (including phenoxy) is 2. The molecule has 1 aromatic heterocycles. The Morgan fingerprint density at radius 3 is 2.56 bits per heavy atom. The summed E-state index contributed by atoms with van der Waals surface area (Å²) >= 11 is 1.52. The van der Waals surface area contributed by atoms with E-state index in [4.69, 9.17) is 9.47 Å². The van der Waals surface area contributed by atoms with Gasteiger partial charge in [0, 0.05) is 48.4 Å². The van der Waals surface area contributed by atoms with E-state index in [1.165, 1.54) is 24.5 Å². The minimum atomic E-state index is -0.215. The number of hydrogen-bond acceptors (Lipinski definition) is 10. The highest BCUT2D eigenvalue weighted by Gasteiger charge is 2.32. The zero-order valence-corrected chi connectivity index (χ0v) is 30.7. The van der Waals surface area contributed by atoms with Crippen LogP contribution < -0.4 is 20.1 Å². The molecule has 1 saturated heterocycles. The molecule has 5 rings (SSSR count). The van der Waals surface area contributed by atoms with E-state index < -0.39 is 0 Å². The highest BCUT2D eigenvalue weighted by atomic mass is 32.1. The fraction of sp³-hybridized carbons (Fsp3) is 0.395. The second kappa shape index (κ2) is 20.0. The van der Waals surface area contributed by atoms with E-state index in [2.05, 4.69) is 48.0 Å². The highest BCUT2D eigenvalue weighted by Crippen LogP contribution is 2.38. The van der Waals surface area contributed by atoms with Crippen LogP contribution in [0.5, 0.6) is 11.5 Å². The monoisotopic (exact) mass is 703 g/mol. The number of allylic oxidation sites excluding steroid dienone is 2. The number of aldehydes is 2. The predicted molar refractivity (Wildman–Crippen MR) is 203 cm³/mol. The molecular weight excluding hydrogens is 655 g/mol. The maximum Gasteiger partial charge on any atom is 0.256 e. The van der Waals surface area contributed by atoms with Gasteiger partial charge in [-0.2, -0.15) is 0 Å². The Hall–Kier alpha value is -4.81. The average molecular weight is 704 g/mol. The second-order valence-electron chi connectivity index (χ2n) is 11.8. The Morgan fingerprint density at radius 2 is 1.92 bits per heavy atom. The van der Waals surface area contributed by atoms with Gasteiger partial charge in [0.1, 0.15) is 6.29 Å². The van der Waals surface area contributed by atoms with Crippen LogP contribution in [0.15, 0.2) is 65.3 Å². The van der Waals surface area contributed by atoms with Crippen LogP contribution in [-0.4, -0.2) is 93.9 Å². The molecular formula is C38H49N5O6S. The van der Waals surface area contributed by atoms with Crippen LogP contribution in [0.1, 0.15) is 66.5 Å². The molecule has 2 N–H and O–H groups in total. The van der Waals surface area contributed by atoms with Crippen molar-refractivity contribution in [3.8, 4) is 11.5 Å². The number of carbonyl (C=O) groups excluding carboxylic acids is 4. The molecule has 2 aliphatic heterocycles. The zero-order valence-electron chi connectivity index (χ0n) is 29.9. The topological polar surface area (TPSA) is 130 Å².